The molecule has 4 heterocycles. The molecule has 36 heavy (non-hydrogen) atoms. The number of nitrogens with one attached hydrogen (secondary N) is 3. The van der Waals surface area contributed by atoms with Crippen LogP contribution in [0.15, 0.2) is 55.0 Å². The van der Waals surface area contributed by atoms with Gasteiger partial charge in [0.15, 0.2) is 0 Å². The molecule has 0 aliphatic carbocycles. The van der Waals surface area contributed by atoms with Gasteiger partial charge in [0.05, 0.1) is 63.9 Å². The number of fused-ring (bicyclic) bond motifs is 1. The summed E-state index contributed by atoms with van der Waals surface area (Å²) in [4.78, 5) is 21.7. The SMILES string of the molecule is CNc1ccc(Nc2cc(-c3ccc4cc(C#N)cnn34)ncc2C(=O)NC[C@@H](F)C(C)(C)O)cn1. The number of nitrogens with zero attached hydrogens (tertiary/aromatic N) is 5. The van der Waals surface area contributed by atoms with E-state index in [9.17, 15) is 14.3 Å². The van der Waals surface area contributed by atoms with Gasteiger partial charge in [0.1, 0.15) is 18.1 Å². The Balaban J connectivity index is 1.70. The number of rotatable bonds is 8. The lowest BCUT2D eigenvalue weighted by Gasteiger charge is -2.22. The molecule has 0 unspecified atom stereocenters. The molecule has 0 saturated heterocycles. The highest BCUT2D eigenvalue weighted by atomic mass is 19.1. The molecule has 10 nitrogen and oxygen atoms in total. The fourth-order valence-electron chi connectivity index (χ4n) is 3.43. The number of nitriles is 1. The summed E-state index contributed by atoms with van der Waals surface area (Å²) in [5.41, 5.74) is 1.95. The molecule has 1 amide bonds. The lowest BCUT2D eigenvalue weighted by Crippen LogP contribution is -2.42. The maximum Gasteiger partial charge on any atom is 0.255 e. The van der Waals surface area contributed by atoms with Crippen molar-refractivity contribution in [3.63, 3.8) is 0 Å². The van der Waals surface area contributed by atoms with Crippen LogP contribution in [0.2, 0.25) is 0 Å². The summed E-state index contributed by atoms with van der Waals surface area (Å²) in [6, 6.07) is 12.7. The summed E-state index contributed by atoms with van der Waals surface area (Å²) in [6.45, 7) is 2.31. The van der Waals surface area contributed by atoms with E-state index in [1.807, 2.05) is 12.1 Å². The predicted molar refractivity (Wildman–Crippen MR) is 134 cm³/mol. The summed E-state index contributed by atoms with van der Waals surface area (Å²) >= 11 is 0. The van der Waals surface area contributed by atoms with Crippen LogP contribution < -0.4 is 16.0 Å². The van der Waals surface area contributed by atoms with Gasteiger partial charge in [-0.1, -0.05) is 0 Å². The number of hydrogen-bond donors (Lipinski definition) is 4. The van der Waals surface area contributed by atoms with Gasteiger partial charge in [-0.25, -0.2) is 13.9 Å². The van der Waals surface area contributed by atoms with Gasteiger partial charge < -0.3 is 21.1 Å². The van der Waals surface area contributed by atoms with Crippen molar-refractivity contribution in [1.82, 2.24) is 24.9 Å². The Labute approximate surface area is 206 Å². The van der Waals surface area contributed by atoms with Gasteiger partial charge in [-0.05, 0) is 50.2 Å². The predicted octanol–water partition coefficient (Wildman–Crippen LogP) is 3.29. The molecule has 0 aliphatic heterocycles. The summed E-state index contributed by atoms with van der Waals surface area (Å²) in [5, 5.41) is 31.9. The standard InChI is InChI=1S/C25H25FN8O2/c1-25(2,36)22(26)14-31-24(35)18-13-29-20(9-19(18)33-16-4-7-23(28-3)30-12-16)21-6-5-17-8-15(10-27)11-32-34(17)21/h4-9,11-13,22,36H,14H2,1-3H3,(H,28,30)(H,29,33)(H,31,35)/t22-/m1/s1. The molecule has 0 aliphatic rings. The second-order valence-electron chi connectivity index (χ2n) is 8.66. The monoisotopic (exact) mass is 488 g/mol. The first kappa shape index (κ1) is 24.6. The van der Waals surface area contributed by atoms with Gasteiger partial charge in [0, 0.05) is 13.2 Å². The summed E-state index contributed by atoms with van der Waals surface area (Å²) in [6.07, 6.45) is 2.81. The second-order valence-corrected chi connectivity index (χ2v) is 8.66. The minimum atomic E-state index is -1.65. The van der Waals surface area contributed by atoms with Crippen LogP contribution in [0.4, 0.5) is 21.6 Å². The van der Waals surface area contributed by atoms with Crippen molar-refractivity contribution in [3.05, 3.63) is 66.1 Å². The molecule has 4 N–H and O–H groups in total. The number of anilines is 3. The average molecular weight is 489 g/mol. The number of alkyl halides is 1. The van der Waals surface area contributed by atoms with E-state index >= 15 is 0 Å². The quantitative estimate of drug-likeness (QED) is 0.296. The third-order valence-electron chi connectivity index (χ3n) is 5.55. The molecule has 0 bridgehead atoms. The number of amides is 1. The highest BCUT2D eigenvalue weighted by molar-refractivity contribution is 6.00. The lowest BCUT2D eigenvalue weighted by atomic mass is 10.0. The van der Waals surface area contributed by atoms with E-state index in [0.29, 0.717) is 34.1 Å². The Bertz CT molecular complexity index is 1440. The highest BCUT2D eigenvalue weighted by Crippen LogP contribution is 2.28. The molecule has 4 aromatic heterocycles. The van der Waals surface area contributed by atoms with Gasteiger partial charge in [0.2, 0.25) is 0 Å². The Morgan fingerprint density at radius 1 is 1.19 bits per heavy atom. The number of hydrogen-bond acceptors (Lipinski definition) is 8. The van der Waals surface area contributed by atoms with Crippen molar-refractivity contribution in [2.75, 3.05) is 24.2 Å². The van der Waals surface area contributed by atoms with Crippen LogP contribution in [-0.2, 0) is 0 Å². The van der Waals surface area contributed by atoms with Crippen molar-refractivity contribution in [2.24, 2.45) is 0 Å². The number of aromatic nitrogens is 4. The Morgan fingerprint density at radius 3 is 2.67 bits per heavy atom. The van der Waals surface area contributed by atoms with Gasteiger partial charge >= 0.3 is 0 Å². The number of carbonyl (C=O) groups is 1. The zero-order chi connectivity index (χ0) is 25.9. The van der Waals surface area contributed by atoms with E-state index in [0.717, 1.165) is 5.52 Å². The van der Waals surface area contributed by atoms with E-state index in [1.165, 1.54) is 26.2 Å². The van der Waals surface area contributed by atoms with Gasteiger partial charge in [-0.2, -0.15) is 10.4 Å². The van der Waals surface area contributed by atoms with Crippen LogP contribution in [0.5, 0.6) is 0 Å². The Kier molecular flexibility index (Phi) is 6.80. The molecular formula is C25H25FN8O2. The number of carbonyl (C=O) groups excluding carboxylic acids is 1. The zero-order valence-electron chi connectivity index (χ0n) is 20.0. The van der Waals surface area contributed by atoms with E-state index in [1.54, 1.807) is 42.0 Å². The van der Waals surface area contributed by atoms with Crippen molar-refractivity contribution in [2.45, 2.75) is 25.6 Å². The molecule has 0 spiro atoms. The van der Waals surface area contributed by atoms with Gasteiger partial charge in [0.25, 0.3) is 5.91 Å². The Morgan fingerprint density at radius 2 is 2.00 bits per heavy atom. The molecule has 4 rings (SSSR count). The molecule has 4 aromatic rings. The maximum absolute atomic E-state index is 14.2. The molecule has 11 heteroatoms. The molecule has 184 valence electrons. The van der Waals surface area contributed by atoms with Crippen LogP contribution in [0.3, 0.4) is 0 Å². The van der Waals surface area contributed by atoms with Crippen LogP contribution >= 0.6 is 0 Å². The average Bonchev–Trinajstić information content (AvgIpc) is 3.30. The summed E-state index contributed by atoms with van der Waals surface area (Å²) in [7, 11) is 1.76. The normalized spacial score (nSPS) is 12.1. The molecule has 0 fully saturated rings. The maximum atomic E-state index is 14.2. The zero-order valence-corrected chi connectivity index (χ0v) is 20.0. The van der Waals surface area contributed by atoms with E-state index in [-0.39, 0.29) is 12.1 Å². The molecule has 0 aromatic carbocycles. The van der Waals surface area contributed by atoms with Crippen LogP contribution in [-0.4, -0.2) is 56.0 Å². The highest BCUT2D eigenvalue weighted by Gasteiger charge is 2.27. The van der Waals surface area contributed by atoms with Crippen LogP contribution in [0, 0.1) is 11.3 Å². The molecular weight excluding hydrogens is 463 g/mol. The first-order chi connectivity index (χ1) is 17.2. The number of halogens is 1. The topological polar surface area (TPSA) is 140 Å². The summed E-state index contributed by atoms with van der Waals surface area (Å²) in [5.74, 6) is 0.122. The molecule has 0 radical (unpaired) electrons. The number of aliphatic hydroxyl groups is 1. The van der Waals surface area contributed by atoms with Gasteiger partial charge in [-0.15, -0.1) is 0 Å². The minimum Gasteiger partial charge on any atom is -0.387 e. The first-order valence-electron chi connectivity index (χ1n) is 11.1. The minimum absolute atomic E-state index is 0.181. The number of pyridine rings is 2. The van der Waals surface area contributed by atoms with E-state index in [4.69, 9.17) is 5.26 Å². The fourth-order valence-corrected chi connectivity index (χ4v) is 3.43. The Hall–Kier alpha value is -4.56. The third-order valence-corrected chi connectivity index (χ3v) is 5.55. The van der Waals surface area contributed by atoms with E-state index in [2.05, 4.69) is 37.1 Å². The van der Waals surface area contributed by atoms with E-state index < -0.39 is 17.7 Å². The third kappa shape index (κ3) is 5.24. The van der Waals surface area contributed by atoms with Crippen molar-refractivity contribution in [1.29, 1.82) is 5.26 Å². The molecule has 1 atom stereocenters. The second kappa shape index (κ2) is 9.97. The van der Waals surface area contributed by atoms with Gasteiger partial charge in [-0.3, -0.25) is 9.78 Å². The first-order valence-corrected chi connectivity index (χ1v) is 11.1. The van der Waals surface area contributed by atoms with Crippen molar-refractivity contribution < 1.29 is 14.3 Å². The smallest absolute Gasteiger partial charge is 0.255 e. The summed E-state index contributed by atoms with van der Waals surface area (Å²) < 4.78 is 15.9. The van der Waals surface area contributed by atoms with Crippen LogP contribution in [0.25, 0.3) is 16.9 Å². The fraction of sp³-hybridized carbons (Fsp3) is 0.240. The lowest BCUT2D eigenvalue weighted by molar-refractivity contribution is -0.00177. The largest absolute Gasteiger partial charge is 0.387 e. The van der Waals surface area contributed by atoms with Crippen molar-refractivity contribution in [3.8, 4) is 17.5 Å². The van der Waals surface area contributed by atoms with Crippen LogP contribution in [0.1, 0.15) is 29.8 Å². The molecule has 0 saturated carbocycles. The van der Waals surface area contributed by atoms with Crippen molar-refractivity contribution >= 4 is 28.6 Å².